The van der Waals surface area contributed by atoms with E-state index in [0.29, 0.717) is 6.54 Å². The average Bonchev–Trinajstić information content (AvgIpc) is 2.66. The number of rotatable bonds is 8. The molecule has 5 nitrogen and oxygen atoms in total. The molecule has 1 aliphatic heterocycles. The molecule has 188 valence electrons. The Morgan fingerprint density at radius 1 is 1.03 bits per heavy atom. The molecular weight excluding hydrogens is 444 g/mol. The molecule has 1 N–H and O–H groups in total. The van der Waals surface area contributed by atoms with E-state index in [1.807, 2.05) is 4.90 Å². The van der Waals surface area contributed by atoms with Crippen molar-refractivity contribution in [1.29, 1.82) is 0 Å². The first-order valence-corrected chi connectivity index (χ1v) is 18.3. The first-order valence-electron chi connectivity index (χ1n) is 12.5. The topological polar surface area (TPSA) is 50.8 Å². The Morgan fingerprint density at radius 3 is 2.12 bits per heavy atom. The molecule has 0 aromatic heterocycles. The zero-order chi connectivity index (χ0) is 25.2. The summed E-state index contributed by atoms with van der Waals surface area (Å²) in [4.78, 5) is 13.9. The molecule has 0 radical (unpaired) electrons. The van der Waals surface area contributed by atoms with Gasteiger partial charge in [0.25, 0.3) is 0 Å². The molecule has 1 atom stereocenters. The molecule has 1 aromatic carbocycles. The highest BCUT2D eigenvalue weighted by molar-refractivity contribution is 6.75. The van der Waals surface area contributed by atoms with E-state index in [9.17, 15) is 4.79 Å². The quantitative estimate of drug-likeness (QED) is 0.332. The van der Waals surface area contributed by atoms with Crippen molar-refractivity contribution in [3.8, 4) is 11.5 Å². The van der Waals surface area contributed by atoms with Crippen LogP contribution < -0.4 is 14.2 Å². The van der Waals surface area contributed by atoms with Crippen LogP contribution in [0.25, 0.3) is 0 Å². The van der Waals surface area contributed by atoms with Crippen LogP contribution in [0.4, 0.5) is 0 Å². The van der Waals surface area contributed by atoms with Gasteiger partial charge in [0.1, 0.15) is 11.5 Å². The van der Waals surface area contributed by atoms with Crippen molar-refractivity contribution in [3.63, 3.8) is 0 Å². The van der Waals surface area contributed by atoms with Crippen molar-refractivity contribution in [2.45, 2.75) is 104 Å². The third-order valence-electron chi connectivity index (χ3n) is 7.82. The van der Waals surface area contributed by atoms with E-state index >= 15 is 0 Å². The summed E-state index contributed by atoms with van der Waals surface area (Å²) in [6, 6.07) is 4.31. The Labute approximate surface area is 204 Å². The number of benzene rings is 1. The second kappa shape index (κ2) is 10.1. The summed E-state index contributed by atoms with van der Waals surface area (Å²) in [6.07, 6.45) is 2.95. The van der Waals surface area contributed by atoms with Crippen molar-refractivity contribution < 1.29 is 13.6 Å². The van der Waals surface area contributed by atoms with E-state index in [-0.39, 0.29) is 16.1 Å². The molecule has 0 bridgehead atoms. The monoisotopic (exact) mass is 492 g/mol. The van der Waals surface area contributed by atoms with Crippen molar-refractivity contribution in [3.05, 3.63) is 23.3 Å². The molecule has 0 spiro atoms. The Balaban J connectivity index is 2.70. The summed E-state index contributed by atoms with van der Waals surface area (Å²) in [5.74, 6) is 1.81. The molecule has 1 fully saturated rings. The lowest BCUT2D eigenvalue weighted by Crippen LogP contribution is -2.47. The maximum Gasteiger partial charge on any atom is 0.250 e. The summed E-state index contributed by atoms with van der Waals surface area (Å²) in [5, 5.41) is 3.67. The zero-order valence-electron chi connectivity index (χ0n) is 23.0. The number of amides is 1. The zero-order valence-corrected chi connectivity index (χ0v) is 25.0. The maximum atomic E-state index is 12.0. The predicted octanol–water partition coefficient (Wildman–Crippen LogP) is 6.51. The summed E-state index contributed by atoms with van der Waals surface area (Å²) in [6.45, 7) is 27.2. The number of hydrogen-bond acceptors (Lipinski definition) is 4. The lowest BCUT2D eigenvalue weighted by molar-refractivity contribution is -0.121. The van der Waals surface area contributed by atoms with Gasteiger partial charge in [0.2, 0.25) is 23.0 Å². The minimum Gasteiger partial charge on any atom is -0.543 e. The molecule has 33 heavy (non-hydrogen) atoms. The average molecular weight is 493 g/mol. The van der Waals surface area contributed by atoms with Crippen LogP contribution in [0.3, 0.4) is 0 Å². The third-order valence-corrected chi connectivity index (χ3v) is 16.5. The maximum absolute atomic E-state index is 12.0. The number of aryl methyl sites for hydroxylation is 1. The van der Waals surface area contributed by atoms with Gasteiger partial charge in [0.15, 0.2) is 0 Å². The van der Waals surface area contributed by atoms with Crippen LogP contribution in [0.2, 0.25) is 36.3 Å². The van der Waals surface area contributed by atoms with Gasteiger partial charge in [-0.2, -0.15) is 0 Å². The Hall–Kier alpha value is -1.32. The van der Waals surface area contributed by atoms with Crippen LogP contribution in [-0.2, 0) is 11.2 Å². The van der Waals surface area contributed by atoms with E-state index < -0.39 is 16.6 Å². The van der Waals surface area contributed by atoms with Gasteiger partial charge in [0.05, 0.1) is 6.04 Å². The standard InChI is InChI=1S/C26H48N2O3Si2/c1-12-13-20-16-21(30-32(8,9)25(2,3)4)17-23(31-33(10,11)26(5,6)7)24(20)22-18-27-14-15-28(22)19-29/h16-17,19,22,27H,12-15,18H2,1-11H3. The van der Waals surface area contributed by atoms with Gasteiger partial charge in [-0.15, -0.1) is 0 Å². The van der Waals surface area contributed by atoms with Crippen LogP contribution in [0.15, 0.2) is 12.1 Å². The molecule has 2 rings (SSSR count). The molecule has 7 heteroatoms. The number of piperazine rings is 1. The van der Waals surface area contributed by atoms with Crippen molar-refractivity contribution >= 4 is 23.0 Å². The van der Waals surface area contributed by atoms with Gasteiger partial charge in [-0.25, -0.2) is 0 Å². The lowest BCUT2D eigenvalue weighted by Gasteiger charge is -2.41. The van der Waals surface area contributed by atoms with Crippen LogP contribution in [-0.4, -0.2) is 47.6 Å². The van der Waals surface area contributed by atoms with Gasteiger partial charge in [0, 0.05) is 31.3 Å². The molecule has 1 aliphatic rings. The normalized spacial score (nSPS) is 18.3. The SMILES string of the molecule is CCCc1cc(O[Si](C)(C)C(C)(C)C)cc(O[Si](C)(C)C(C)(C)C)c1C1CNCCN1C=O. The van der Waals surface area contributed by atoms with Crippen molar-refractivity contribution in [2.75, 3.05) is 19.6 Å². The van der Waals surface area contributed by atoms with E-state index in [1.54, 1.807) is 0 Å². The second-order valence-electron chi connectivity index (χ2n) is 12.5. The first kappa shape index (κ1) is 27.9. The summed E-state index contributed by atoms with van der Waals surface area (Å²) in [7, 11) is -4.12. The van der Waals surface area contributed by atoms with E-state index in [4.69, 9.17) is 8.85 Å². The van der Waals surface area contributed by atoms with Crippen LogP contribution in [0.5, 0.6) is 11.5 Å². The minimum absolute atomic E-state index is 0.0283. The fraction of sp³-hybridized carbons (Fsp3) is 0.731. The van der Waals surface area contributed by atoms with Crippen LogP contribution in [0, 0.1) is 0 Å². The van der Waals surface area contributed by atoms with Gasteiger partial charge < -0.3 is 19.1 Å². The van der Waals surface area contributed by atoms with E-state index in [2.05, 4.69) is 92.1 Å². The highest BCUT2D eigenvalue weighted by Crippen LogP contribution is 2.44. The summed E-state index contributed by atoms with van der Waals surface area (Å²) < 4.78 is 13.7. The number of hydrogen-bond donors (Lipinski definition) is 1. The fourth-order valence-electron chi connectivity index (χ4n) is 3.64. The Morgan fingerprint density at radius 2 is 1.61 bits per heavy atom. The number of carbonyl (C=O) groups excluding carboxylic acids is 1. The largest absolute Gasteiger partial charge is 0.543 e. The second-order valence-corrected chi connectivity index (χ2v) is 22.0. The van der Waals surface area contributed by atoms with Crippen LogP contribution in [0.1, 0.15) is 72.1 Å². The summed E-state index contributed by atoms with van der Waals surface area (Å²) in [5.41, 5.74) is 2.39. The van der Waals surface area contributed by atoms with E-state index in [0.717, 1.165) is 49.4 Å². The predicted molar refractivity (Wildman–Crippen MR) is 144 cm³/mol. The highest BCUT2D eigenvalue weighted by Gasteiger charge is 2.42. The van der Waals surface area contributed by atoms with Gasteiger partial charge in [-0.1, -0.05) is 54.9 Å². The first-order chi connectivity index (χ1) is 15.0. The Bertz CT molecular complexity index is 826. The van der Waals surface area contributed by atoms with Crippen LogP contribution >= 0.6 is 0 Å². The summed E-state index contributed by atoms with van der Waals surface area (Å²) >= 11 is 0. The smallest absolute Gasteiger partial charge is 0.250 e. The lowest BCUT2D eigenvalue weighted by atomic mass is 9.94. The molecule has 0 saturated carbocycles. The highest BCUT2D eigenvalue weighted by atomic mass is 28.4. The fourth-order valence-corrected chi connectivity index (χ4v) is 5.68. The molecule has 1 amide bonds. The molecule has 1 unspecified atom stereocenters. The molecule has 1 aromatic rings. The van der Waals surface area contributed by atoms with E-state index in [1.165, 1.54) is 5.56 Å². The van der Waals surface area contributed by atoms with Crippen molar-refractivity contribution in [2.24, 2.45) is 0 Å². The number of nitrogens with zero attached hydrogens (tertiary/aromatic N) is 1. The van der Waals surface area contributed by atoms with Gasteiger partial charge in [-0.05, 0) is 54.3 Å². The number of carbonyl (C=O) groups is 1. The molecule has 1 heterocycles. The van der Waals surface area contributed by atoms with Gasteiger partial charge >= 0.3 is 0 Å². The minimum atomic E-state index is -2.11. The van der Waals surface area contributed by atoms with Crippen molar-refractivity contribution in [1.82, 2.24) is 10.2 Å². The third kappa shape index (κ3) is 6.42. The molecule has 0 aliphatic carbocycles. The molecule has 1 saturated heterocycles. The number of nitrogens with one attached hydrogen (secondary N) is 1. The Kier molecular flexibility index (Phi) is 8.56. The van der Waals surface area contributed by atoms with Gasteiger partial charge in [-0.3, -0.25) is 4.79 Å². The molecular formula is C26H48N2O3Si2.